The lowest BCUT2D eigenvalue weighted by Gasteiger charge is -2.33. The molecule has 0 unspecified atom stereocenters. The number of nitrogens with zero attached hydrogens (tertiary/aromatic N) is 1. The lowest BCUT2D eigenvalue weighted by molar-refractivity contribution is 0.0184. The number of carbonyl (C=O) groups is 1. The zero-order valence-corrected chi connectivity index (χ0v) is 17.0. The van der Waals surface area contributed by atoms with Gasteiger partial charge in [-0.15, -0.1) is 0 Å². The first-order valence-corrected chi connectivity index (χ1v) is 10.1. The number of rotatable bonds is 4. The second-order valence-corrected chi connectivity index (χ2v) is 9.23. The Morgan fingerprint density at radius 1 is 1.24 bits per heavy atom. The van der Waals surface area contributed by atoms with E-state index in [1.54, 1.807) is 0 Å². The fraction of sp³-hybridized carbons (Fsp3) is 0.650. The minimum atomic E-state index is -0.413. The minimum Gasteiger partial charge on any atom is -0.444 e. The molecule has 1 saturated heterocycles. The Balaban J connectivity index is 1.36. The fourth-order valence-corrected chi connectivity index (χ4v) is 3.73. The third-order valence-corrected chi connectivity index (χ3v) is 5.55. The SMILES string of the molecule is CC(C)(C)OC(=O)N1CCC(CN[C@@H]2C[C@H]2c2ccc(Br)cc2)CC1. The zero-order chi connectivity index (χ0) is 18.0. The molecule has 0 bridgehead atoms. The maximum Gasteiger partial charge on any atom is 0.410 e. The number of amides is 1. The molecule has 0 aromatic heterocycles. The molecule has 2 atom stereocenters. The molecule has 25 heavy (non-hydrogen) atoms. The second kappa shape index (κ2) is 7.67. The van der Waals surface area contributed by atoms with Crippen molar-refractivity contribution in [3.8, 4) is 0 Å². The summed E-state index contributed by atoms with van der Waals surface area (Å²) < 4.78 is 6.60. The molecule has 1 saturated carbocycles. The first kappa shape index (κ1) is 18.7. The average molecular weight is 409 g/mol. The van der Waals surface area contributed by atoms with Gasteiger partial charge in [0.2, 0.25) is 0 Å². The van der Waals surface area contributed by atoms with Gasteiger partial charge in [-0.3, -0.25) is 0 Å². The normalized spacial score (nSPS) is 24.2. The van der Waals surface area contributed by atoms with Crippen molar-refractivity contribution in [1.29, 1.82) is 0 Å². The molecule has 1 amide bonds. The molecule has 2 fully saturated rings. The van der Waals surface area contributed by atoms with Gasteiger partial charge < -0.3 is 15.0 Å². The molecule has 1 aromatic rings. The highest BCUT2D eigenvalue weighted by atomic mass is 79.9. The van der Waals surface area contributed by atoms with Crippen molar-refractivity contribution < 1.29 is 9.53 Å². The van der Waals surface area contributed by atoms with Gasteiger partial charge in [-0.1, -0.05) is 28.1 Å². The first-order chi connectivity index (χ1) is 11.8. The van der Waals surface area contributed by atoms with Gasteiger partial charge in [-0.2, -0.15) is 0 Å². The standard InChI is InChI=1S/C20H29BrN2O2/c1-20(2,3)25-19(24)23-10-8-14(9-11-23)13-22-18-12-17(18)15-4-6-16(21)7-5-15/h4-7,14,17-18,22H,8-13H2,1-3H3/t17-,18+/m0/s1. The largest absolute Gasteiger partial charge is 0.444 e. The highest BCUT2D eigenvalue weighted by molar-refractivity contribution is 9.10. The van der Waals surface area contributed by atoms with Gasteiger partial charge in [0.05, 0.1) is 0 Å². The average Bonchev–Trinajstić information content (AvgIpc) is 3.32. The van der Waals surface area contributed by atoms with E-state index in [-0.39, 0.29) is 6.09 Å². The number of hydrogen-bond acceptors (Lipinski definition) is 3. The number of halogens is 1. The first-order valence-electron chi connectivity index (χ1n) is 9.28. The van der Waals surface area contributed by atoms with Crippen molar-refractivity contribution in [1.82, 2.24) is 10.2 Å². The Hall–Kier alpha value is -1.07. The van der Waals surface area contributed by atoms with Gasteiger partial charge in [-0.25, -0.2) is 4.79 Å². The van der Waals surface area contributed by atoms with Crippen LogP contribution in [0.5, 0.6) is 0 Å². The summed E-state index contributed by atoms with van der Waals surface area (Å²) in [6, 6.07) is 9.30. The maximum absolute atomic E-state index is 12.1. The smallest absolute Gasteiger partial charge is 0.410 e. The van der Waals surface area contributed by atoms with Crippen LogP contribution < -0.4 is 5.32 Å². The van der Waals surface area contributed by atoms with Crippen LogP contribution in [-0.2, 0) is 4.74 Å². The number of benzene rings is 1. The summed E-state index contributed by atoms with van der Waals surface area (Å²) >= 11 is 3.49. The number of likely N-dealkylation sites (tertiary alicyclic amines) is 1. The van der Waals surface area contributed by atoms with Gasteiger partial charge in [-0.05, 0) is 70.2 Å². The molecule has 1 heterocycles. The molecule has 1 N–H and O–H groups in total. The van der Waals surface area contributed by atoms with E-state index in [0.717, 1.165) is 36.9 Å². The van der Waals surface area contributed by atoms with Crippen LogP contribution >= 0.6 is 15.9 Å². The van der Waals surface area contributed by atoms with Crippen LogP contribution in [-0.4, -0.2) is 42.3 Å². The summed E-state index contributed by atoms with van der Waals surface area (Å²) in [6.07, 6.45) is 3.18. The van der Waals surface area contributed by atoms with E-state index in [1.165, 1.54) is 12.0 Å². The van der Waals surface area contributed by atoms with Gasteiger partial charge >= 0.3 is 6.09 Å². The van der Waals surface area contributed by atoms with Gasteiger partial charge in [0.25, 0.3) is 0 Å². The van der Waals surface area contributed by atoms with Crippen molar-refractivity contribution in [2.75, 3.05) is 19.6 Å². The highest BCUT2D eigenvalue weighted by Crippen LogP contribution is 2.41. The molecule has 0 spiro atoms. The summed E-state index contributed by atoms with van der Waals surface area (Å²) in [5.74, 6) is 1.32. The summed E-state index contributed by atoms with van der Waals surface area (Å²) in [6.45, 7) is 8.42. The van der Waals surface area contributed by atoms with Crippen LogP contribution in [0.2, 0.25) is 0 Å². The lowest BCUT2D eigenvalue weighted by atomic mass is 9.97. The highest BCUT2D eigenvalue weighted by Gasteiger charge is 2.38. The van der Waals surface area contributed by atoms with Gasteiger partial charge in [0, 0.05) is 29.5 Å². The molecule has 1 aromatic carbocycles. The molecule has 4 nitrogen and oxygen atoms in total. The number of nitrogens with one attached hydrogen (secondary N) is 1. The van der Waals surface area contributed by atoms with Crippen LogP contribution in [0.1, 0.15) is 51.5 Å². The van der Waals surface area contributed by atoms with Gasteiger partial charge in [0.15, 0.2) is 0 Å². The van der Waals surface area contributed by atoms with E-state index in [0.29, 0.717) is 17.9 Å². The maximum atomic E-state index is 12.1. The van der Waals surface area contributed by atoms with E-state index in [1.807, 2.05) is 25.7 Å². The van der Waals surface area contributed by atoms with E-state index in [9.17, 15) is 4.79 Å². The minimum absolute atomic E-state index is 0.170. The van der Waals surface area contributed by atoms with E-state index in [4.69, 9.17) is 4.74 Å². The quantitative estimate of drug-likeness (QED) is 0.794. The molecule has 1 aliphatic carbocycles. The van der Waals surface area contributed by atoms with Crippen LogP contribution in [0.3, 0.4) is 0 Å². The Bertz CT molecular complexity index is 589. The third-order valence-electron chi connectivity index (χ3n) is 5.02. The molecule has 2 aliphatic rings. The third kappa shape index (κ3) is 5.45. The Kier molecular flexibility index (Phi) is 5.74. The Morgan fingerprint density at radius 2 is 1.88 bits per heavy atom. The van der Waals surface area contributed by atoms with Crippen LogP contribution in [0.4, 0.5) is 4.79 Å². The Labute approximate surface area is 159 Å². The lowest BCUT2D eigenvalue weighted by Crippen LogP contribution is -2.43. The zero-order valence-electron chi connectivity index (χ0n) is 15.4. The summed E-state index contributed by atoms with van der Waals surface area (Å²) in [4.78, 5) is 14.0. The second-order valence-electron chi connectivity index (χ2n) is 8.32. The van der Waals surface area contributed by atoms with E-state index < -0.39 is 5.60 Å². The summed E-state index contributed by atoms with van der Waals surface area (Å²) in [5.41, 5.74) is 1.02. The Morgan fingerprint density at radius 3 is 2.48 bits per heavy atom. The fourth-order valence-electron chi connectivity index (χ4n) is 3.46. The summed E-state index contributed by atoms with van der Waals surface area (Å²) in [7, 11) is 0. The molecule has 5 heteroatoms. The van der Waals surface area contributed by atoms with E-state index >= 15 is 0 Å². The monoisotopic (exact) mass is 408 g/mol. The van der Waals surface area contributed by atoms with Crippen LogP contribution in [0.25, 0.3) is 0 Å². The topological polar surface area (TPSA) is 41.6 Å². The molecule has 0 radical (unpaired) electrons. The molecule has 3 rings (SSSR count). The number of piperidine rings is 1. The molecule has 138 valence electrons. The molecule has 1 aliphatic heterocycles. The van der Waals surface area contributed by atoms with Crippen molar-refractivity contribution in [2.45, 2.75) is 57.6 Å². The predicted molar refractivity (Wildman–Crippen MR) is 104 cm³/mol. The van der Waals surface area contributed by atoms with Crippen molar-refractivity contribution in [3.63, 3.8) is 0 Å². The van der Waals surface area contributed by atoms with Crippen LogP contribution in [0.15, 0.2) is 28.7 Å². The molecular formula is C20H29BrN2O2. The van der Waals surface area contributed by atoms with Gasteiger partial charge in [0.1, 0.15) is 5.60 Å². The number of ether oxygens (including phenoxy) is 1. The van der Waals surface area contributed by atoms with Crippen molar-refractivity contribution in [3.05, 3.63) is 34.3 Å². The number of carbonyl (C=O) groups excluding carboxylic acids is 1. The summed E-state index contributed by atoms with van der Waals surface area (Å²) in [5, 5.41) is 3.73. The van der Waals surface area contributed by atoms with Crippen molar-refractivity contribution >= 4 is 22.0 Å². The molecular weight excluding hydrogens is 380 g/mol. The predicted octanol–water partition coefficient (Wildman–Crippen LogP) is 4.54. The van der Waals surface area contributed by atoms with Crippen molar-refractivity contribution in [2.24, 2.45) is 5.92 Å². The van der Waals surface area contributed by atoms with E-state index in [2.05, 4.69) is 45.5 Å². The van der Waals surface area contributed by atoms with Crippen LogP contribution in [0, 0.1) is 5.92 Å². The number of hydrogen-bond donors (Lipinski definition) is 1.